The maximum absolute atomic E-state index is 10.5. The molecule has 8 heteroatoms. The minimum absolute atomic E-state index is 0.504. The minimum atomic E-state index is -1.15. The lowest BCUT2D eigenvalue weighted by atomic mass is 10.1. The Kier molecular flexibility index (Phi) is 3.08. The molecule has 0 aromatic rings. The van der Waals surface area contributed by atoms with Crippen LogP contribution in [0.2, 0.25) is 0 Å². The molecule has 0 aromatic carbocycles. The summed E-state index contributed by atoms with van der Waals surface area (Å²) in [7, 11) is 0. The lowest BCUT2D eigenvalue weighted by Gasteiger charge is -2.19. The molecule has 8 nitrogen and oxygen atoms in total. The van der Waals surface area contributed by atoms with Gasteiger partial charge in [0.2, 0.25) is 0 Å². The van der Waals surface area contributed by atoms with Crippen molar-refractivity contribution in [1.82, 2.24) is 0 Å². The Bertz CT molecular complexity index is 320. The van der Waals surface area contributed by atoms with Crippen molar-refractivity contribution >= 4 is 0 Å². The van der Waals surface area contributed by atoms with Gasteiger partial charge in [-0.1, -0.05) is 0 Å². The van der Waals surface area contributed by atoms with Gasteiger partial charge in [0.05, 0.1) is 11.5 Å². The molecule has 0 radical (unpaired) electrons. The van der Waals surface area contributed by atoms with Gasteiger partial charge in [0.15, 0.2) is 11.9 Å². The predicted octanol–water partition coefficient (Wildman–Crippen LogP) is -1.14. The third kappa shape index (κ3) is 2.40. The Balaban J connectivity index is 2.07. The van der Waals surface area contributed by atoms with Crippen molar-refractivity contribution in [3.63, 3.8) is 0 Å². The Morgan fingerprint density at radius 2 is 2.06 bits per heavy atom. The number of hydrogen-bond donors (Lipinski definition) is 2. The topological polar surface area (TPSA) is 115 Å². The summed E-state index contributed by atoms with van der Waals surface area (Å²) in [4.78, 5) is 9.95. The first kappa shape index (κ1) is 12.7. The highest BCUT2D eigenvalue weighted by molar-refractivity contribution is 4.97. The normalized spacial score (nSPS) is 41.2. The zero-order chi connectivity index (χ0) is 12.8. The maximum Gasteiger partial charge on any atom is 0.345 e. The SMILES string of the molecule is CC1(C)O[C@H]([C@H](O)CO)[C@@H]([C@@H]2OC2[N+](=O)[O-])O1. The number of rotatable bonds is 4. The van der Waals surface area contributed by atoms with E-state index in [9.17, 15) is 15.2 Å². The second kappa shape index (κ2) is 4.14. The highest BCUT2D eigenvalue weighted by Gasteiger charge is 2.63. The molecule has 17 heavy (non-hydrogen) atoms. The minimum Gasteiger partial charge on any atom is -0.394 e. The lowest BCUT2D eigenvalue weighted by Crippen LogP contribution is -2.41. The zero-order valence-corrected chi connectivity index (χ0v) is 9.48. The monoisotopic (exact) mass is 249 g/mol. The van der Waals surface area contributed by atoms with E-state index in [4.69, 9.17) is 19.3 Å². The molecule has 0 aromatic heterocycles. The first-order valence-electron chi connectivity index (χ1n) is 5.29. The Morgan fingerprint density at radius 3 is 2.53 bits per heavy atom. The molecule has 2 heterocycles. The molecule has 2 saturated heterocycles. The van der Waals surface area contributed by atoms with Crippen LogP contribution < -0.4 is 0 Å². The van der Waals surface area contributed by atoms with Crippen molar-refractivity contribution in [1.29, 1.82) is 0 Å². The summed E-state index contributed by atoms with van der Waals surface area (Å²) in [5, 5.41) is 29.0. The molecule has 2 rings (SSSR count). The highest BCUT2D eigenvalue weighted by Crippen LogP contribution is 2.39. The first-order chi connectivity index (χ1) is 7.85. The largest absolute Gasteiger partial charge is 0.394 e. The predicted molar refractivity (Wildman–Crippen MR) is 52.6 cm³/mol. The fourth-order valence-corrected chi connectivity index (χ4v) is 2.00. The van der Waals surface area contributed by atoms with Crippen LogP contribution in [0.5, 0.6) is 0 Å². The van der Waals surface area contributed by atoms with Crippen molar-refractivity contribution < 1.29 is 29.3 Å². The van der Waals surface area contributed by atoms with Gasteiger partial charge in [-0.2, -0.15) is 0 Å². The maximum atomic E-state index is 10.5. The number of nitro groups is 1. The van der Waals surface area contributed by atoms with Gasteiger partial charge in [0.25, 0.3) is 0 Å². The molecule has 2 aliphatic heterocycles. The summed E-state index contributed by atoms with van der Waals surface area (Å²) >= 11 is 0. The van der Waals surface area contributed by atoms with Crippen LogP contribution in [0.15, 0.2) is 0 Å². The van der Waals surface area contributed by atoms with Crippen molar-refractivity contribution in [3.8, 4) is 0 Å². The second-order valence-electron chi connectivity index (χ2n) is 4.59. The van der Waals surface area contributed by atoms with E-state index in [-0.39, 0.29) is 0 Å². The van der Waals surface area contributed by atoms with Crippen molar-refractivity contribution in [2.24, 2.45) is 0 Å². The van der Waals surface area contributed by atoms with E-state index in [2.05, 4.69) is 0 Å². The number of aliphatic hydroxyl groups is 2. The second-order valence-corrected chi connectivity index (χ2v) is 4.59. The quantitative estimate of drug-likeness (QED) is 0.367. The van der Waals surface area contributed by atoms with E-state index in [0.29, 0.717) is 0 Å². The molecule has 1 unspecified atom stereocenters. The van der Waals surface area contributed by atoms with Crippen LogP contribution in [0, 0.1) is 10.1 Å². The summed E-state index contributed by atoms with van der Waals surface area (Å²) in [6.07, 6.45) is -4.59. The Morgan fingerprint density at radius 1 is 1.41 bits per heavy atom. The molecule has 2 N–H and O–H groups in total. The third-order valence-corrected chi connectivity index (χ3v) is 2.76. The summed E-state index contributed by atoms with van der Waals surface area (Å²) in [5.41, 5.74) is 0. The van der Waals surface area contributed by atoms with Gasteiger partial charge < -0.3 is 19.7 Å². The van der Waals surface area contributed by atoms with Gasteiger partial charge >= 0.3 is 6.23 Å². The van der Waals surface area contributed by atoms with E-state index >= 15 is 0 Å². The molecular formula is C9H15NO7. The molecule has 0 spiro atoms. The standard InChI is InChI=1S/C9H15NO7/c1-9(2)16-5(4(12)3-11)6(17-9)7-8(15-7)10(13)14/h4-8,11-12H,3H2,1-2H3/t4-,5-,6+,7+,8?/m1/s1. The van der Waals surface area contributed by atoms with E-state index < -0.39 is 48.0 Å². The number of epoxide rings is 1. The number of aliphatic hydroxyl groups excluding tert-OH is 2. The van der Waals surface area contributed by atoms with Crippen LogP contribution in [-0.4, -0.2) is 58.2 Å². The smallest absolute Gasteiger partial charge is 0.345 e. The van der Waals surface area contributed by atoms with Crippen LogP contribution >= 0.6 is 0 Å². The van der Waals surface area contributed by atoms with Gasteiger partial charge in [-0.05, 0) is 13.8 Å². The van der Waals surface area contributed by atoms with E-state index in [1.54, 1.807) is 13.8 Å². The van der Waals surface area contributed by atoms with Crippen LogP contribution in [0.25, 0.3) is 0 Å². The number of ether oxygens (including phenoxy) is 3. The van der Waals surface area contributed by atoms with Crippen LogP contribution in [0.3, 0.4) is 0 Å². The van der Waals surface area contributed by atoms with Crippen LogP contribution in [-0.2, 0) is 14.2 Å². The van der Waals surface area contributed by atoms with Gasteiger partial charge in [-0.15, -0.1) is 0 Å². The van der Waals surface area contributed by atoms with E-state index in [1.165, 1.54) is 0 Å². The fraction of sp³-hybridized carbons (Fsp3) is 1.00. The van der Waals surface area contributed by atoms with Gasteiger partial charge in [-0.25, -0.2) is 0 Å². The van der Waals surface area contributed by atoms with Gasteiger partial charge in [0.1, 0.15) is 18.3 Å². The average molecular weight is 249 g/mol. The molecular weight excluding hydrogens is 234 g/mol. The summed E-state index contributed by atoms with van der Waals surface area (Å²) in [6, 6.07) is 0. The summed E-state index contributed by atoms with van der Waals surface area (Å²) < 4.78 is 15.8. The van der Waals surface area contributed by atoms with Crippen LogP contribution in [0.1, 0.15) is 13.8 Å². The number of nitrogens with zero attached hydrogens (tertiary/aromatic N) is 1. The molecule has 98 valence electrons. The first-order valence-corrected chi connectivity index (χ1v) is 5.29. The van der Waals surface area contributed by atoms with Crippen LogP contribution in [0.4, 0.5) is 0 Å². The molecule has 2 aliphatic rings. The molecule has 0 saturated carbocycles. The molecule has 2 fully saturated rings. The molecule has 0 amide bonds. The van der Waals surface area contributed by atoms with Gasteiger partial charge in [-0.3, -0.25) is 14.9 Å². The molecule has 0 aliphatic carbocycles. The Hall–Kier alpha value is -0.800. The summed E-state index contributed by atoms with van der Waals surface area (Å²) in [6.45, 7) is 2.76. The van der Waals surface area contributed by atoms with Gasteiger partial charge in [0, 0.05) is 0 Å². The average Bonchev–Trinajstić information content (AvgIpc) is 2.96. The highest BCUT2D eigenvalue weighted by atomic mass is 16.8. The fourth-order valence-electron chi connectivity index (χ4n) is 2.00. The van der Waals surface area contributed by atoms with E-state index in [0.717, 1.165) is 0 Å². The third-order valence-electron chi connectivity index (χ3n) is 2.76. The number of hydrogen-bond acceptors (Lipinski definition) is 7. The zero-order valence-electron chi connectivity index (χ0n) is 9.48. The lowest BCUT2D eigenvalue weighted by molar-refractivity contribution is -0.516. The Labute approximate surface area is 97.2 Å². The van der Waals surface area contributed by atoms with Crippen molar-refractivity contribution in [3.05, 3.63) is 10.1 Å². The molecule has 0 bridgehead atoms. The van der Waals surface area contributed by atoms with Crippen molar-refractivity contribution in [2.75, 3.05) is 6.61 Å². The summed E-state index contributed by atoms with van der Waals surface area (Å²) in [5.74, 6) is -0.960. The van der Waals surface area contributed by atoms with Crippen molar-refractivity contribution in [2.45, 2.75) is 50.3 Å². The molecule has 5 atom stereocenters. The van der Waals surface area contributed by atoms with E-state index in [1.807, 2.05) is 0 Å².